The first kappa shape index (κ1) is 14.8. The molecule has 5 heteroatoms. The van der Waals surface area contributed by atoms with Crippen LogP contribution in [0.5, 0.6) is 0 Å². The van der Waals surface area contributed by atoms with Gasteiger partial charge in [0.2, 0.25) is 5.91 Å². The Kier molecular flexibility index (Phi) is 3.64. The molecule has 1 heterocycles. The van der Waals surface area contributed by atoms with Crippen LogP contribution in [0.2, 0.25) is 5.02 Å². The van der Waals surface area contributed by atoms with Crippen molar-refractivity contribution in [3.8, 4) is 0 Å². The summed E-state index contributed by atoms with van der Waals surface area (Å²) in [5.41, 5.74) is 1.18. The molecule has 120 valence electrons. The number of rotatable bonds is 5. The van der Waals surface area contributed by atoms with E-state index in [0.29, 0.717) is 18.5 Å². The highest BCUT2D eigenvalue weighted by molar-refractivity contribution is 6.30. The molecule has 1 aromatic carbocycles. The van der Waals surface area contributed by atoms with Crippen LogP contribution in [0.15, 0.2) is 36.7 Å². The molecule has 0 N–H and O–H groups in total. The maximum Gasteiger partial charge on any atom is 0.226 e. The third-order valence-electron chi connectivity index (χ3n) is 4.89. The van der Waals surface area contributed by atoms with E-state index >= 15 is 0 Å². The van der Waals surface area contributed by atoms with Crippen LogP contribution >= 0.6 is 11.6 Å². The number of nitrogens with zero attached hydrogens (tertiary/aromatic N) is 3. The quantitative estimate of drug-likeness (QED) is 0.843. The number of aromatic nitrogens is 2. The summed E-state index contributed by atoms with van der Waals surface area (Å²) >= 11 is 6.07. The number of halogens is 1. The Balaban J connectivity index is 1.48. The molecular formula is C18H20ClN3O. The first-order valence-electron chi connectivity index (χ1n) is 8.15. The Morgan fingerprint density at radius 1 is 1.43 bits per heavy atom. The van der Waals surface area contributed by atoms with Crippen LogP contribution in [-0.2, 0) is 18.4 Å². The number of hydrogen-bond acceptors (Lipinski definition) is 2. The number of carbonyl (C=O) groups is 1. The number of amides is 1. The maximum absolute atomic E-state index is 12.9. The normalized spacial score (nSPS) is 22.9. The average molecular weight is 330 g/mol. The topological polar surface area (TPSA) is 38.1 Å². The zero-order chi connectivity index (χ0) is 16.0. The molecule has 2 atom stereocenters. The van der Waals surface area contributed by atoms with E-state index in [-0.39, 0.29) is 11.8 Å². The molecule has 0 spiro atoms. The number of benzene rings is 1. The minimum absolute atomic E-state index is 0.106. The predicted octanol–water partition coefficient (Wildman–Crippen LogP) is 3.37. The van der Waals surface area contributed by atoms with E-state index in [4.69, 9.17) is 11.6 Å². The molecule has 2 aliphatic carbocycles. The summed E-state index contributed by atoms with van der Waals surface area (Å²) in [6, 6.07) is 8.30. The van der Waals surface area contributed by atoms with Crippen LogP contribution in [0.25, 0.3) is 0 Å². The van der Waals surface area contributed by atoms with Gasteiger partial charge in [0, 0.05) is 36.4 Å². The second-order valence-electron chi connectivity index (χ2n) is 6.66. The van der Waals surface area contributed by atoms with E-state index in [9.17, 15) is 4.79 Å². The second kappa shape index (κ2) is 5.68. The summed E-state index contributed by atoms with van der Waals surface area (Å²) in [6.45, 7) is 0.617. The van der Waals surface area contributed by atoms with Gasteiger partial charge in [0.1, 0.15) is 5.82 Å². The zero-order valence-corrected chi connectivity index (χ0v) is 13.9. The fourth-order valence-electron chi connectivity index (χ4n) is 3.26. The first-order valence-corrected chi connectivity index (χ1v) is 8.53. The number of carbonyl (C=O) groups excluding carboxylic acids is 1. The van der Waals surface area contributed by atoms with Crippen molar-refractivity contribution in [1.82, 2.24) is 14.5 Å². The fraction of sp³-hybridized carbons (Fsp3) is 0.444. The lowest BCUT2D eigenvalue weighted by atomic mass is 10.1. The molecule has 4 nitrogen and oxygen atoms in total. The molecular weight excluding hydrogens is 310 g/mol. The second-order valence-corrected chi connectivity index (χ2v) is 7.09. The molecule has 0 radical (unpaired) electrons. The van der Waals surface area contributed by atoms with Gasteiger partial charge < -0.3 is 9.47 Å². The van der Waals surface area contributed by atoms with E-state index in [1.54, 1.807) is 6.20 Å². The number of imidazole rings is 1. The van der Waals surface area contributed by atoms with Gasteiger partial charge in [0.25, 0.3) is 0 Å². The smallest absolute Gasteiger partial charge is 0.226 e. The van der Waals surface area contributed by atoms with Gasteiger partial charge in [0.15, 0.2) is 0 Å². The zero-order valence-electron chi connectivity index (χ0n) is 13.2. The summed E-state index contributed by atoms with van der Waals surface area (Å²) in [7, 11) is 1.98. The van der Waals surface area contributed by atoms with Gasteiger partial charge in [-0.25, -0.2) is 4.98 Å². The summed E-state index contributed by atoms with van der Waals surface area (Å²) in [5.74, 6) is 1.66. The van der Waals surface area contributed by atoms with Crippen molar-refractivity contribution in [3.05, 3.63) is 53.1 Å². The average Bonchev–Trinajstić information content (AvgIpc) is 3.44. The third-order valence-corrected chi connectivity index (χ3v) is 5.12. The molecule has 0 aliphatic heterocycles. The Morgan fingerprint density at radius 3 is 2.91 bits per heavy atom. The lowest BCUT2D eigenvalue weighted by Crippen LogP contribution is -2.35. The van der Waals surface area contributed by atoms with Gasteiger partial charge in [-0.2, -0.15) is 0 Å². The molecule has 0 unspecified atom stereocenters. The van der Waals surface area contributed by atoms with Gasteiger partial charge in [0.05, 0.1) is 6.54 Å². The van der Waals surface area contributed by atoms with E-state index in [1.165, 1.54) is 5.56 Å². The van der Waals surface area contributed by atoms with Crippen molar-refractivity contribution in [2.24, 2.45) is 13.0 Å². The van der Waals surface area contributed by atoms with Crippen LogP contribution in [-0.4, -0.2) is 26.4 Å². The molecule has 2 fully saturated rings. The molecule has 1 aromatic heterocycles. The van der Waals surface area contributed by atoms with E-state index < -0.39 is 0 Å². The largest absolute Gasteiger partial charge is 0.337 e. The molecule has 2 aliphatic rings. The summed E-state index contributed by atoms with van der Waals surface area (Å²) in [6.07, 6.45) is 6.88. The summed E-state index contributed by atoms with van der Waals surface area (Å²) < 4.78 is 1.99. The molecule has 2 aromatic rings. The Hall–Kier alpha value is -1.81. The summed E-state index contributed by atoms with van der Waals surface area (Å²) in [4.78, 5) is 19.4. The Bertz CT molecular complexity index is 737. The highest BCUT2D eigenvalue weighted by Crippen LogP contribution is 2.50. The van der Waals surface area contributed by atoms with Crippen LogP contribution in [0.4, 0.5) is 0 Å². The lowest BCUT2D eigenvalue weighted by Gasteiger charge is -2.22. The standard InChI is InChI=1S/C18H20ClN3O/c1-21-8-7-20-17(21)11-22(14-5-6-14)18(23)16-10-15(16)12-3-2-4-13(19)9-12/h2-4,7-9,14-16H,5-6,10-11H2,1H3/t15-,16-/m1/s1. The minimum atomic E-state index is 0.106. The SMILES string of the molecule is Cn1ccnc1CN(C(=O)[C@@H]1C[C@@H]1c1cccc(Cl)c1)C1CC1. The third kappa shape index (κ3) is 3.00. The number of hydrogen-bond donors (Lipinski definition) is 0. The van der Waals surface area contributed by atoms with Gasteiger partial charge in [-0.05, 0) is 42.9 Å². The molecule has 0 saturated heterocycles. The Morgan fingerprint density at radius 2 is 2.26 bits per heavy atom. The predicted molar refractivity (Wildman–Crippen MR) is 89.1 cm³/mol. The van der Waals surface area contributed by atoms with E-state index in [0.717, 1.165) is 30.1 Å². The Labute approximate surface area is 141 Å². The molecule has 4 rings (SSSR count). The molecule has 2 saturated carbocycles. The highest BCUT2D eigenvalue weighted by Gasteiger charge is 2.48. The van der Waals surface area contributed by atoms with Gasteiger partial charge in [-0.15, -0.1) is 0 Å². The van der Waals surface area contributed by atoms with Crippen LogP contribution in [0.1, 0.15) is 36.6 Å². The van der Waals surface area contributed by atoms with Crippen LogP contribution < -0.4 is 0 Å². The molecule has 23 heavy (non-hydrogen) atoms. The molecule has 1 amide bonds. The van der Waals surface area contributed by atoms with E-state index in [2.05, 4.69) is 11.1 Å². The monoisotopic (exact) mass is 329 g/mol. The maximum atomic E-state index is 12.9. The van der Waals surface area contributed by atoms with Crippen molar-refractivity contribution < 1.29 is 4.79 Å². The van der Waals surface area contributed by atoms with Gasteiger partial charge >= 0.3 is 0 Å². The van der Waals surface area contributed by atoms with Gasteiger partial charge in [-0.3, -0.25) is 4.79 Å². The van der Waals surface area contributed by atoms with E-state index in [1.807, 2.05) is 40.9 Å². The van der Waals surface area contributed by atoms with Crippen molar-refractivity contribution in [2.75, 3.05) is 0 Å². The number of aryl methyl sites for hydroxylation is 1. The van der Waals surface area contributed by atoms with Gasteiger partial charge in [-0.1, -0.05) is 23.7 Å². The lowest BCUT2D eigenvalue weighted by molar-refractivity contribution is -0.134. The fourth-order valence-corrected chi connectivity index (χ4v) is 3.46. The van der Waals surface area contributed by atoms with Crippen LogP contribution in [0, 0.1) is 5.92 Å². The van der Waals surface area contributed by atoms with Crippen molar-refractivity contribution >= 4 is 17.5 Å². The van der Waals surface area contributed by atoms with Crippen molar-refractivity contribution in [2.45, 2.75) is 37.8 Å². The molecule has 0 bridgehead atoms. The first-order chi connectivity index (χ1) is 11.1. The summed E-state index contributed by atoms with van der Waals surface area (Å²) in [5, 5.41) is 0.743. The van der Waals surface area contributed by atoms with Crippen molar-refractivity contribution in [3.63, 3.8) is 0 Å². The van der Waals surface area contributed by atoms with Crippen LogP contribution in [0.3, 0.4) is 0 Å². The highest BCUT2D eigenvalue weighted by atomic mass is 35.5. The minimum Gasteiger partial charge on any atom is -0.337 e. The van der Waals surface area contributed by atoms with Crippen molar-refractivity contribution in [1.29, 1.82) is 0 Å².